The molecular weight excluding hydrogens is 194 g/mol. The standard InChI is InChI=1S/C15H19N/c1-2-16-12-6-10-13-7-3-4-11-15(13)14-8-5-9-14/h3-4,7,11,14,16H,2,5,8-9,12H2,1H3. The first-order valence-corrected chi connectivity index (χ1v) is 6.20. The van der Waals surface area contributed by atoms with Gasteiger partial charge in [-0.3, -0.25) is 0 Å². The summed E-state index contributed by atoms with van der Waals surface area (Å²) in [5, 5.41) is 3.22. The molecule has 0 aliphatic heterocycles. The molecule has 0 heterocycles. The van der Waals surface area contributed by atoms with Crippen molar-refractivity contribution in [3.63, 3.8) is 0 Å². The molecule has 0 radical (unpaired) electrons. The average Bonchev–Trinajstić information content (AvgIpc) is 2.24. The molecule has 16 heavy (non-hydrogen) atoms. The summed E-state index contributed by atoms with van der Waals surface area (Å²) in [6.45, 7) is 3.87. The molecule has 1 aromatic rings. The SMILES string of the molecule is CCNCC#Cc1ccccc1C1CCC1. The highest BCUT2D eigenvalue weighted by molar-refractivity contribution is 5.43. The average molecular weight is 213 g/mol. The van der Waals surface area contributed by atoms with E-state index in [9.17, 15) is 0 Å². The Labute approximate surface area is 98.3 Å². The molecule has 1 aromatic carbocycles. The van der Waals surface area contributed by atoms with Crippen molar-refractivity contribution in [2.75, 3.05) is 13.1 Å². The van der Waals surface area contributed by atoms with E-state index in [1.807, 2.05) is 0 Å². The highest BCUT2D eigenvalue weighted by Gasteiger charge is 2.20. The van der Waals surface area contributed by atoms with Gasteiger partial charge in [0.05, 0.1) is 6.54 Å². The van der Waals surface area contributed by atoms with Gasteiger partial charge in [0.25, 0.3) is 0 Å². The van der Waals surface area contributed by atoms with Crippen molar-refractivity contribution in [3.8, 4) is 11.8 Å². The van der Waals surface area contributed by atoms with E-state index in [1.54, 1.807) is 0 Å². The highest BCUT2D eigenvalue weighted by atomic mass is 14.8. The molecule has 1 saturated carbocycles. The fourth-order valence-electron chi connectivity index (χ4n) is 2.01. The number of hydrogen-bond acceptors (Lipinski definition) is 1. The van der Waals surface area contributed by atoms with Gasteiger partial charge in [-0.1, -0.05) is 43.4 Å². The molecule has 1 fully saturated rings. The van der Waals surface area contributed by atoms with Crippen molar-refractivity contribution >= 4 is 0 Å². The summed E-state index contributed by atoms with van der Waals surface area (Å²) in [5.41, 5.74) is 2.68. The zero-order valence-corrected chi connectivity index (χ0v) is 9.92. The zero-order chi connectivity index (χ0) is 11.2. The maximum absolute atomic E-state index is 3.28. The maximum Gasteiger partial charge on any atom is 0.0580 e. The Balaban J connectivity index is 2.08. The molecular formula is C15H19N. The van der Waals surface area contributed by atoms with Gasteiger partial charge in [0.1, 0.15) is 0 Å². The van der Waals surface area contributed by atoms with E-state index in [0.29, 0.717) is 0 Å². The first-order chi connectivity index (χ1) is 7.92. The predicted molar refractivity (Wildman–Crippen MR) is 68.5 cm³/mol. The molecule has 84 valence electrons. The largest absolute Gasteiger partial charge is 0.306 e. The topological polar surface area (TPSA) is 12.0 Å². The Bertz CT molecular complexity index is 393. The van der Waals surface area contributed by atoms with E-state index in [-0.39, 0.29) is 0 Å². The summed E-state index contributed by atoms with van der Waals surface area (Å²) < 4.78 is 0. The van der Waals surface area contributed by atoms with Crippen LogP contribution < -0.4 is 5.32 Å². The van der Waals surface area contributed by atoms with Crippen molar-refractivity contribution in [2.45, 2.75) is 32.1 Å². The van der Waals surface area contributed by atoms with Crippen LogP contribution in [-0.2, 0) is 0 Å². The lowest BCUT2D eigenvalue weighted by molar-refractivity contribution is 0.419. The molecule has 0 saturated heterocycles. The van der Waals surface area contributed by atoms with Gasteiger partial charge in [-0.25, -0.2) is 0 Å². The lowest BCUT2D eigenvalue weighted by Gasteiger charge is -2.26. The lowest BCUT2D eigenvalue weighted by atomic mass is 9.78. The minimum atomic E-state index is 0.768. The molecule has 0 bridgehead atoms. The van der Waals surface area contributed by atoms with Gasteiger partial charge in [0.15, 0.2) is 0 Å². The van der Waals surface area contributed by atoms with Crippen molar-refractivity contribution < 1.29 is 0 Å². The van der Waals surface area contributed by atoms with Crippen LogP contribution in [0.2, 0.25) is 0 Å². The third kappa shape index (κ3) is 2.65. The third-order valence-electron chi connectivity index (χ3n) is 3.19. The van der Waals surface area contributed by atoms with Crippen molar-refractivity contribution in [1.29, 1.82) is 0 Å². The fraction of sp³-hybridized carbons (Fsp3) is 0.467. The van der Waals surface area contributed by atoms with Gasteiger partial charge in [-0.2, -0.15) is 0 Å². The summed E-state index contributed by atoms with van der Waals surface area (Å²) in [6, 6.07) is 8.59. The second kappa shape index (κ2) is 5.72. The molecule has 1 nitrogen and oxygen atoms in total. The monoisotopic (exact) mass is 213 g/mol. The Morgan fingerprint density at radius 1 is 1.31 bits per heavy atom. The Morgan fingerprint density at radius 3 is 2.81 bits per heavy atom. The van der Waals surface area contributed by atoms with Crippen LogP contribution in [0.25, 0.3) is 0 Å². The van der Waals surface area contributed by atoms with Crippen molar-refractivity contribution in [2.24, 2.45) is 0 Å². The smallest absolute Gasteiger partial charge is 0.0580 e. The maximum atomic E-state index is 3.28. The third-order valence-corrected chi connectivity index (χ3v) is 3.19. The van der Waals surface area contributed by atoms with Crippen molar-refractivity contribution in [3.05, 3.63) is 35.4 Å². The molecule has 0 atom stereocenters. The van der Waals surface area contributed by atoms with Gasteiger partial charge in [0.2, 0.25) is 0 Å². The predicted octanol–water partition coefficient (Wildman–Crippen LogP) is 2.92. The van der Waals surface area contributed by atoms with E-state index in [0.717, 1.165) is 19.0 Å². The Hall–Kier alpha value is -1.26. The minimum Gasteiger partial charge on any atom is -0.306 e. The van der Waals surface area contributed by atoms with Gasteiger partial charge in [-0.05, 0) is 36.9 Å². The summed E-state index contributed by atoms with van der Waals surface area (Å²) in [6.07, 6.45) is 4.06. The van der Waals surface area contributed by atoms with Crippen LogP contribution in [0.5, 0.6) is 0 Å². The van der Waals surface area contributed by atoms with E-state index in [4.69, 9.17) is 0 Å². The molecule has 1 heteroatoms. The van der Waals surface area contributed by atoms with Crippen LogP contribution >= 0.6 is 0 Å². The van der Waals surface area contributed by atoms with E-state index >= 15 is 0 Å². The Kier molecular flexibility index (Phi) is 4.02. The van der Waals surface area contributed by atoms with E-state index in [1.165, 1.54) is 30.4 Å². The van der Waals surface area contributed by atoms with Crippen molar-refractivity contribution in [1.82, 2.24) is 5.32 Å². The molecule has 0 unspecified atom stereocenters. The van der Waals surface area contributed by atoms with Gasteiger partial charge in [0, 0.05) is 5.56 Å². The van der Waals surface area contributed by atoms with Gasteiger partial charge >= 0.3 is 0 Å². The molecule has 0 aromatic heterocycles. The molecule has 0 spiro atoms. The molecule has 0 amide bonds. The zero-order valence-electron chi connectivity index (χ0n) is 9.92. The van der Waals surface area contributed by atoms with Crippen LogP contribution in [0.4, 0.5) is 0 Å². The first-order valence-electron chi connectivity index (χ1n) is 6.20. The fourth-order valence-corrected chi connectivity index (χ4v) is 2.01. The summed E-state index contributed by atoms with van der Waals surface area (Å²) in [7, 11) is 0. The van der Waals surface area contributed by atoms with Crippen LogP contribution in [0, 0.1) is 11.8 Å². The number of benzene rings is 1. The lowest BCUT2D eigenvalue weighted by Crippen LogP contribution is -2.12. The van der Waals surface area contributed by atoms with Gasteiger partial charge < -0.3 is 5.32 Å². The molecule has 1 N–H and O–H groups in total. The Morgan fingerprint density at radius 2 is 2.12 bits per heavy atom. The molecule has 1 aliphatic carbocycles. The van der Waals surface area contributed by atoms with Crippen LogP contribution in [-0.4, -0.2) is 13.1 Å². The number of rotatable bonds is 3. The summed E-state index contributed by atoms with van der Waals surface area (Å²) >= 11 is 0. The normalized spacial score (nSPS) is 15.1. The second-order valence-corrected chi connectivity index (χ2v) is 4.30. The van der Waals surface area contributed by atoms with Gasteiger partial charge in [-0.15, -0.1) is 0 Å². The van der Waals surface area contributed by atoms with Crippen LogP contribution in [0.1, 0.15) is 43.2 Å². The van der Waals surface area contributed by atoms with E-state index < -0.39 is 0 Å². The number of nitrogens with one attached hydrogen (secondary N) is 1. The van der Waals surface area contributed by atoms with Crippen LogP contribution in [0.3, 0.4) is 0 Å². The van der Waals surface area contributed by atoms with E-state index in [2.05, 4.69) is 48.3 Å². The highest BCUT2D eigenvalue weighted by Crippen LogP contribution is 2.37. The quantitative estimate of drug-likeness (QED) is 0.601. The second-order valence-electron chi connectivity index (χ2n) is 4.30. The molecule has 2 rings (SSSR count). The van der Waals surface area contributed by atoms with Crippen LogP contribution in [0.15, 0.2) is 24.3 Å². The summed E-state index contributed by atoms with van der Waals surface area (Å²) in [5.74, 6) is 7.24. The number of hydrogen-bond donors (Lipinski definition) is 1. The summed E-state index contributed by atoms with van der Waals surface area (Å²) in [4.78, 5) is 0. The first kappa shape index (κ1) is 11.2. The minimum absolute atomic E-state index is 0.768. The molecule has 1 aliphatic rings.